The van der Waals surface area contributed by atoms with E-state index in [1.807, 2.05) is 0 Å². The molecular formula is C14H17N3O5. The standard InChI is InChI=1S/C14H17N3O5/c1-2-22-14(19)16-8-6-15(7-9-16)13(18)11-4-3-5-12(10-11)17(20)21/h3-5,10H,2,6-9H2,1H3. The highest BCUT2D eigenvalue weighted by Gasteiger charge is 2.26. The van der Waals surface area contributed by atoms with E-state index in [1.54, 1.807) is 22.8 Å². The number of carbonyl (C=O) groups excluding carboxylic acids is 2. The summed E-state index contributed by atoms with van der Waals surface area (Å²) in [5.41, 5.74) is 0.162. The number of ether oxygens (including phenoxy) is 1. The van der Waals surface area contributed by atoms with Crippen molar-refractivity contribution in [3.63, 3.8) is 0 Å². The van der Waals surface area contributed by atoms with E-state index in [1.165, 1.54) is 18.2 Å². The molecule has 1 aliphatic heterocycles. The molecule has 0 spiro atoms. The number of hydrogen-bond acceptors (Lipinski definition) is 5. The van der Waals surface area contributed by atoms with E-state index in [0.717, 1.165) is 0 Å². The van der Waals surface area contributed by atoms with Gasteiger partial charge in [0, 0.05) is 43.9 Å². The molecule has 1 heterocycles. The molecule has 0 N–H and O–H groups in total. The minimum Gasteiger partial charge on any atom is -0.450 e. The number of hydrogen-bond donors (Lipinski definition) is 0. The smallest absolute Gasteiger partial charge is 0.409 e. The Morgan fingerprint density at radius 2 is 1.86 bits per heavy atom. The third-order valence-electron chi connectivity index (χ3n) is 3.40. The third kappa shape index (κ3) is 3.51. The molecule has 0 atom stereocenters. The molecule has 2 rings (SSSR count). The maximum atomic E-state index is 12.3. The zero-order chi connectivity index (χ0) is 16.1. The minimum absolute atomic E-state index is 0.115. The van der Waals surface area contributed by atoms with Crippen LogP contribution in [0.25, 0.3) is 0 Å². The van der Waals surface area contributed by atoms with Gasteiger partial charge in [-0.05, 0) is 13.0 Å². The lowest BCUT2D eigenvalue weighted by Gasteiger charge is -2.34. The molecule has 1 aromatic rings. The van der Waals surface area contributed by atoms with Crippen molar-refractivity contribution in [2.75, 3.05) is 32.8 Å². The topological polar surface area (TPSA) is 93.0 Å². The van der Waals surface area contributed by atoms with E-state index < -0.39 is 4.92 Å². The van der Waals surface area contributed by atoms with Crippen LogP contribution in [0.4, 0.5) is 10.5 Å². The van der Waals surface area contributed by atoms with E-state index in [0.29, 0.717) is 32.8 Å². The van der Waals surface area contributed by atoms with Gasteiger partial charge in [-0.3, -0.25) is 14.9 Å². The Hall–Kier alpha value is -2.64. The highest BCUT2D eigenvalue weighted by molar-refractivity contribution is 5.95. The number of amides is 2. The molecule has 0 aromatic heterocycles. The van der Waals surface area contributed by atoms with Gasteiger partial charge >= 0.3 is 6.09 Å². The molecule has 0 unspecified atom stereocenters. The summed E-state index contributed by atoms with van der Waals surface area (Å²) in [6.45, 7) is 3.57. The summed E-state index contributed by atoms with van der Waals surface area (Å²) in [5.74, 6) is -0.271. The number of non-ortho nitro benzene ring substituents is 1. The summed E-state index contributed by atoms with van der Waals surface area (Å²) in [4.78, 5) is 37.3. The van der Waals surface area contributed by atoms with Gasteiger partial charge in [0.15, 0.2) is 0 Å². The second kappa shape index (κ2) is 6.88. The first-order valence-corrected chi connectivity index (χ1v) is 6.98. The fourth-order valence-corrected chi connectivity index (χ4v) is 2.24. The second-order valence-electron chi connectivity index (χ2n) is 4.79. The molecule has 0 aliphatic carbocycles. The summed E-state index contributed by atoms with van der Waals surface area (Å²) in [7, 11) is 0. The number of nitro benzene ring substituents is 1. The Balaban J connectivity index is 1.99. The van der Waals surface area contributed by atoms with Crippen molar-refractivity contribution in [2.24, 2.45) is 0 Å². The molecule has 2 amide bonds. The third-order valence-corrected chi connectivity index (χ3v) is 3.40. The van der Waals surface area contributed by atoms with Crippen molar-refractivity contribution in [3.05, 3.63) is 39.9 Å². The molecular weight excluding hydrogens is 290 g/mol. The number of rotatable bonds is 3. The van der Waals surface area contributed by atoms with Crippen molar-refractivity contribution < 1.29 is 19.2 Å². The van der Waals surface area contributed by atoms with Gasteiger partial charge in [-0.15, -0.1) is 0 Å². The predicted molar refractivity (Wildman–Crippen MR) is 77.6 cm³/mol. The van der Waals surface area contributed by atoms with Crippen LogP contribution in [-0.2, 0) is 4.74 Å². The Morgan fingerprint density at radius 3 is 2.45 bits per heavy atom. The molecule has 8 nitrogen and oxygen atoms in total. The maximum Gasteiger partial charge on any atom is 0.409 e. The zero-order valence-electron chi connectivity index (χ0n) is 12.2. The fraction of sp³-hybridized carbons (Fsp3) is 0.429. The van der Waals surface area contributed by atoms with E-state index >= 15 is 0 Å². The summed E-state index contributed by atoms with van der Waals surface area (Å²) in [5, 5.41) is 10.8. The molecule has 8 heteroatoms. The minimum atomic E-state index is -0.532. The molecule has 1 saturated heterocycles. The van der Waals surface area contributed by atoms with Crippen molar-refractivity contribution in [2.45, 2.75) is 6.92 Å². The number of benzene rings is 1. The summed E-state index contributed by atoms with van der Waals surface area (Å²) in [6.07, 6.45) is -0.384. The Bertz CT molecular complexity index is 582. The first-order valence-electron chi connectivity index (χ1n) is 6.98. The number of carbonyl (C=O) groups is 2. The van der Waals surface area contributed by atoms with E-state index in [2.05, 4.69) is 0 Å². The van der Waals surface area contributed by atoms with Gasteiger partial charge in [0.1, 0.15) is 0 Å². The number of nitrogens with zero attached hydrogens (tertiary/aromatic N) is 3. The van der Waals surface area contributed by atoms with Crippen molar-refractivity contribution in [3.8, 4) is 0 Å². The van der Waals surface area contributed by atoms with Crippen molar-refractivity contribution in [1.82, 2.24) is 9.80 Å². The van der Waals surface area contributed by atoms with E-state index in [9.17, 15) is 19.7 Å². The van der Waals surface area contributed by atoms with Gasteiger partial charge in [0.2, 0.25) is 0 Å². The van der Waals surface area contributed by atoms with Gasteiger partial charge < -0.3 is 14.5 Å². The summed E-state index contributed by atoms with van der Waals surface area (Å²) >= 11 is 0. The van der Waals surface area contributed by atoms with Crippen molar-refractivity contribution in [1.29, 1.82) is 0 Å². The van der Waals surface area contributed by atoms with Gasteiger partial charge in [-0.1, -0.05) is 6.07 Å². The van der Waals surface area contributed by atoms with Gasteiger partial charge in [0.05, 0.1) is 11.5 Å². The van der Waals surface area contributed by atoms with Gasteiger partial charge in [-0.25, -0.2) is 4.79 Å². The van der Waals surface area contributed by atoms with Crippen LogP contribution in [0.2, 0.25) is 0 Å². The van der Waals surface area contributed by atoms with Crippen LogP contribution in [0.1, 0.15) is 17.3 Å². The van der Waals surface area contributed by atoms with Gasteiger partial charge in [0.25, 0.3) is 11.6 Å². The molecule has 1 aromatic carbocycles. The first-order chi connectivity index (χ1) is 10.5. The monoisotopic (exact) mass is 307 g/mol. The predicted octanol–water partition coefficient (Wildman–Crippen LogP) is 1.51. The first kappa shape index (κ1) is 15.7. The van der Waals surface area contributed by atoms with Crippen molar-refractivity contribution >= 4 is 17.7 Å². The largest absolute Gasteiger partial charge is 0.450 e. The highest BCUT2D eigenvalue weighted by Crippen LogP contribution is 2.16. The molecule has 0 bridgehead atoms. The zero-order valence-corrected chi connectivity index (χ0v) is 12.2. The van der Waals surface area contributed by atoms with Crippen LogP contribution in [0.3, 0.4) is 0 Å². The molecule has 1 aliphatic rings. The molecule has 1 fully saturated rings. The van der Waals surface area contributed by atoms with Gasteiger partial charge in [-0.2, -0.15) is 0 Å². The van der Waals surface area contributed by atoms with Crippen LogP contribution < -0.4 is 0 Å². The number of nitro groups is 1. The van der Waals surface area contributed by atoms with Crippen LogP contribution in [-0.4, -0.2) is 59.5 Å². The highest BCUT2D eigenvalue weighted by atomic mass is 16.6. The average molecular weight is 307 g/mol. The normalized spacial score (nSPS) is 14.6. The lowest BCUT2D eigenvalue weighted by Crippen LogP contribution is -2.50. The average Bonchev–Trinajstić information content (AvgIpc) is 2.54. The molecule has 0 radical (unpaired) electrons. The number of piperazine rings is 1. The van der Waals surface area contributed by atoms with Crippen LogP contribution >= 0.6 is 0 Å². The molecule has 0 saturated carbocycles. The van der Waals surface area contributed by atoms with E-state index in [4.69, 9.17) is 4.74 Å². The van der Waals surface area contributed by atoms with E-state index in [-0.39, 0.29) is 23.3 Å². The SMILES string of the molecule is CCOC(=O)N1CCN(C(=O)c2cccc([N+](=O)[O-])c2)CC1. The summed E-state index contributed by atoms with van der Waals surface area (Å²) < 4.78 is 4.91. The lowest BCUT2D eigenvalue weighted by atomic mass is 10.1. The van der Waals surface area contributed by atoms with Crippen LogP contribution in [0, 0.1) is 10.1 Å². The Labute approximate surface area is 127 Å². The molecule has 22 heavy (non-hydrogen) atoms. The lowest BCUT2D eigenvalue weighted by molar-refractivity contribution is -0.384. The maximum absolute atomic E-state index is 12.3. The van der Waals surface area contributed by atoms with Crippen LogP contribution in [0.5, 0.6) is 0 Å². The van der Waals surface area contributed by atoms with Crippen LogP contribution in [0.15, 0.2) is 24.3 Å². The Morgan fingerprint density at radius 1 is 1.23 bits per heavy atom. The second-order valence-corrected chi connectivity index (χ2v) is 4.79. The fourth-order valence-electron chi connectivity index (χ4n) is 2.24. The summed E-state index contributed by atoms with van der Waals surface area (Å²) in [6, 6.07) is 5.64. The molecule has 118 valence electrons. The Kier molecular flexibility index (Phi) is 4.92. The quantitative estimate of drug-likeness (QED) is 0.623.